The quantitative estimate of drug-likeness (QED) is 0.767. The zero-order valence-corrected chi connectivity index (χ0v) is 9.36. The molecule has 2 heteroatoms. The van der Waals surface area contributed by atoms with E-state index in [4.69, 9.17) is 4.74 Å². The standard InChI is InChI=1S/C13H18O2/c1-3-4-8-15-11-7-5-6-10-9(2)13(14)12(10)11/h5-7,9,13-14H,3-4,8H2,1-2H3/t9-,13+/m0/s1. The first-order valence-electron chi connectivity index (χ1n) is 5.69. The second-order valence-electron chi connectivity index (χ2n) is 4.19. The van der Waals surface area contributed by atoms with Gasteiger partial charge in [-0.3, -0.25) is 0 Å². The summed E-state index contributed by atoms with van der Waals surface area (Å²) in [5.74, 6) is 1.13. The Morgan fingerprint density at radius 1 is 1.40 bits per heavy atom. The van der Waals surface area contributed by atoms with Gasteiger partial charge < -0.3 is 9.84 Å². The van der Waals surface area contributed by atoms with E-state index in [1.54, 1.807) is 0 Å². The van der Waals surface area contributed by atoms with Gasteiger partial charge in [-0.05, 0) is 18.1 Å². The minimum Gasteiger partial charge on any atom is -0.493 e. The maximum Gasteiger partial charge on any atom is 0.125 e. The number of fused-ring (bicyclic) bond motifs is 1. The van der Waals surface area contributed by atoms with Gasteiger partial charge in [-0.1, -0.05) is 32.4 Å². The smallest absolute Gasteiger partial charge is 0.125 e. The van der Waals surface area contributed by atoms with Gasteiger partial charge in [0.2, 0.25) is 0 Å². The van der Waals surface area contributed by atoms with Crippen molar-refractivity contribution in [3.05, 3.63) is 29.3 Å². The summed E-state index contributed by atoms with van der Waals surface area (Å²) in [5, 5.41) is 9.83. The average Bonchev–Trinajstić information content (AvgIpc) is 2.28. The van der Waals surface area contributed by atoms with Crippen LogP contribution in [0.3, 0.4) is 0 Å². The molecule has 1 N–H and O–H groups in total. The van der Waals surface area contributed by atoms with Crippen LogP contribution in [0.2, 0.25) is 0 Å². The molecule has 0 saturated heterocycles. The van der Waals surface area contributed by atoms with Gasteiger partial charge in [-0.2, -0.15) is 0 Å². The zero-order valence-electron chi connectivity index (χ0n) is 9.36. The molecule has 0 bridgehead atoms. The molecule has 2 atom stereocenters. The third-order valence-corrected chi connectivity index (χ3v) is 3.12. The summed E-state index contributed by atoms with van der Waals surface area (Å²) in [4.78, 5) is 0. The topological polar surface area (TPSA) is 29.5 Å². The van der Waals surface area contributed by atoms with Crippen molar-refractivity contribution in [1.82, 2.24) is 0 Å². The zero-order chi connectivity index (χ0) is 10.8. The summed E-state index contributed by atoms with van der Waals surface area (Å²) in [6.45, 7) is 4.93. The molecule has 82 valence electrons. The Hall–Kier alpha value is -1.02. The second-order valence-corrected chi connectivity index (χ2v) is 4.19. The number of unbranched alkanes of at least 4 members (excludes halogenated alkanes) is 1. The fourth-order valence-electron chi connectivity index (χ4n) is 2.05. The number of hydrogen-bond donors (Lipinski definition) is 1. The molecule has 0 unspecified atom stereocenters. The second kappa shape index (κ2) is 4.23. The van der Waals surface area contributed by atoms with Crippen molar-refractivity contribution in [3.63, 3.8) is 0 Å². The van der Waals surface area contributed by atoms with Gasteiger partial charge in [0.05, 0.1) is 12.7 Å². The summed E-state index contributed by atoms with van der Waals surface area (Å²) in [5.41, 5.74) is 2.23. The van der Waals surface area contributed by atoms with Crippen molar-refractivity contribution in [2.45, 2.75) is 38.7 Å². The van der Waals surface area contributed by atoms with Crippen molar-refractivity contribution in [1.29, 1.82) is 0 Å². The molecule has 0 aromatic heterocycles. The van der Waals surface area contributed by atoms with E-state index in [0.717, 1.165) is 30.8 Å². The van der Waals surface area contributed by atoms with Crippen LogP contribution in [-0.4, -0.2) is 11.7 Å². The Labute approximate surface area is 90.9 Å². The number of benzene rings is 1. The lowest BCUT2D eigenvalue weighted by molar-refractivity contribution is 0.117. The first-order valence-corrected chi connectivity index (χ1v) is 5.69. The largest absolute Gasteiger partial charge is 0.493 e. The summed E-state index contributed by atoms with van der Waals surface area (Å²) in [6.07, 6.45) is 1.86. The third kappa shape index (κ3) is 1.74. The van der Waals surface area contributed by atoms with Gasteiger partial charge in [0.15, 0.2) is 0 Å². The van der Waals surface area contributed by atoms with E-state index >= 15 is 0 Å². The molecule has 2 rings (SSSR count). The minimum atomic E-state index is -0.335. The normalized spacial score (nSPS) is 23.1. The molecule has 1 aliphatic rings. The Kier molecular flexibility index (Phi) is 2.96. The van der Waals surface area contributed by atoms with Gasteiger partial charge in [0, 0.05) is 11.5 Å². The molecule has 1 aromatic rings. The summed E-state index contributed by atoms with van der Waals surface area (Å²) in [7, 11) is 0. The Morgan fingerprint density at radius 2 is 2.20 bits per heavy atom. The lowest BCUT2D eigenvalue weighted by Crippen LogP contribution is -2.22. The van der Waals surface area contributed by atoms with Crippen molar-refractivity contribution in [2.75, 3.05) is 6.61 Å². The molecule has 0 radical (unpaired) electrons. The van der Waals surface area contributed by atoms with Crippen LogP contribution in [0.15, 0.2) is 18.2 Å². The van der Waals surface area contributed by atoms with E-state index < -0.39 is 0 Å². The highest BCUT2D eigenvalue weighted by Crippen LogP contribution is 2.48. The first-order chi connectivity index (χ1) is 7.25. The van der Waals surface area contributed by atoms with Crippen LogP contribution in [0, 0.1) is 0 Å². The van der Waals surface area contributed by atoms with Crippen molar-refractivity contribution >= 4 is 0 Å². The molecule has 0 amide bonds. The van der Waals surface area contributed by atoms with Gasteiger partial charge in [-0.25, -0.2) is 0 Å². The van der Waals surface area contributed by atoms with Crippen LogP contribution >= 0.6 is 0 Å². The molecule has 0 fully saturated rings. The predicted molar refractivity (Wildman–Crippen MR) is 60.2 cm³/mol. The van der Waals surface area contributed by atoms with E-state index in [1.165, 1.54) is 5.56 Å². The van der Waals surface area contributed by atoms with Gasteiger partial charge in [0.25, 0.3) is 0 Å². The minimum absolute atomic E-state index is 0.259. The number of aliphatic hydroxyl groups excluding tert-OH is 1. The van der Waals surface area contributed by atoms with E-state index in [0.29, 0.717) is 0 Å². The molecule has 0 spiro atoms. The molecule has 15 heavy (non-hydrogen) atoms. The third-order valence-electron chi connectivity index (χ3n) is 3.12. The van der Waals surface area contributed by atoms with Crippen LogP contribution < -0.4 is 4.74 Å². The summed E-state index contributed by atoms with van der Waals surface area (Å²) in [6, 6.07) is 6.02. The number of rotatable bonds is 4. The van der Waals surface area contributed by atoms with E-state index in [2.05, 4.69) is 13.0 Å². The van der Waals surface area contributed by atoms with Crippen LogP contribution in [-0.2, 0) is 0 Å². The van der Waals surface area contributed by atoms with E-state index in [-0.39, 0.29) is 12.0 Å². The van der Waals surface area contributed by atoms with Gasteiger partial charge in [-0.15, -0.1) is 0 Å². The van der Waals surface area contributed by atoms with Crippen molar-refractivity contribution in [2.24, 2.45) is 0 Å². The Morgan fingerprint density at radius 3 is 2.93 bits per heavy atom. The Bertz CT molecular complexity index is 346. The van der Waals surface area contributed by atoms with E-state index in [9.17, 15) is 5.11 Å². The van der Waals surface area contributed by atoms with Gasteiger partial charge >= 0.3 is 0 Å². The van der Waals surface area contributed by atoms with Crippen LogP contribution in [0.4, 0.5) is 0 Å². The van der Waals surface area contributed by atoms with Crippen LogP contribution in [0.25, 0.3) is 0 Å². The lowest BCUT2D eigenvalue weighted by Gasteiger charge is -2.34. The number of hydrogen-bond acceptors (Lipinski definition) is 2. The molecule has 0 aliphatic heterocycles. The maximum atomic E-state index is 9.83. The molecule has 2 nitrogen and oxygen atoms in total. The van der Waals surface area contributed by atoms with Crippen LogP contribution in [0.5, 0.6) is 5.75 Å². The summed E-state index contributed by atoms with van der Waals surface area (Å²) < 4.78 is 5.67. The number of ether oxygens (including phenoxy) is 1. The predicted octanol–water partition coefficient (Wildman–Crippen LogP) is 3.02. The monoisotopic (exact) mass is 206 g/mol. The molecular weight excluding hydrogens is 188 g/mol. The molecule has 0 heterocycles. The molecular formula is C13H18O2. The average molecular weight is 206 g/mol. The first kappa shape index (κ1) is 10.5. The van der Waals surface area contributed by atoms with Gasteiger partial charge in [0.1, 0.15) is 5.75 Å². The molecule has 0 saturated carbocycles. The fourth-order valence-corrected chi connectivity index (χ4v) is 2.05. The SMILES string of the molecule is CCCCOc1cccc2c1[C@H](O)[C@H]2C. The highest BCUT2D eigenvalue weighted by molar-refractivity contribution is 5.51. The highest BCUT2D eigenvalue weighted by atomic mass is 16.5. The summed E-state index contributed by atoms with van der Waals surface area (Å²) >= 11 is 0. The maximum absolute atomic E-state index is 9.83. The Balaban J connectivity index is 2.12. The number of aliphatic hydroxyl groups is 1. The van der Waals surface area contributed by atoms with Crippen molar-refractivity contribution < 1.29 is 9.84 Å². The molecule has 1 aliphatic carbocycles. The lowest BCUT2D eigenvalue weighted by atomic mass is 9.75. The van der Waals surface area contributed by atoms with Crippen molar-refractivity contribution in [3.8, 4) is 5.75 Å². The van der Waals surface area contributed by atoms with E-state index in [1.807, 2.05) is 19.1 Å². The van der Waals surface area contributed by atoms with Crippen LogP contribution in [0.1, 0.15) is 49.8 Å². The fraction of sp³-hybridized carbons (Fsp3) is 0.538. The molecule has 1 aromatic carbocycles. The highest BCUT2D eigenvalue weighted by Gasteiger charge is 2.35.